The van der Waals surface area contributed by atoms with Crippen LogP contribution in [0.25, 0.3) is 0 Å². The molecule has 0 atom stereocenters. The summed E-state index contributed by atoms with van der Waals surface area (Å²) in [6.45, 7) is 0. The Bertz CT molecular complexity index is 231. The van der Waals surface area contributed by atoms with Crippen LogP contribution in [-0.2, 0) is 11.2 Å². The van der Waals surface area contributed by atoms with Gasteiger partial charge in [-0.25, -0.2) is 0 Å². The van der Waals surface area contributed by atoms with E-state index in [0.717, 1.165) is 5.56 Å². The van der Waals surface area contributed by atoms with Crippen molar-refractivity contribution in [2.45, 2.75) is 12.7 Å². The van der Waals surface area contributed by atoms with Gasteiger partial charge in [-0.2, -0.15) is 0 Å². The molecule has 1 aromatic carbocycles. The van der Waals surface area contributed by atoms with Crippen LogP contribution in [0.4, 0.5) is 0 Å². The highest BCUT2D eigenvalue weighted by Crippen LogP contribution is 2.00. The Morgan fingerprint density at radius 1 is 1.27 bits per heavy atom. The van der Waals surface area contributed by atoms with Crippen LogP contribution in [0, 0.1) is 0 Å². The summed E-state index contributed by atoms with van der Waals surface area (Å²) in [5, 5.41) is 0. The van der Waals surface area contributed by atoms with Crippen molar-refractivity contribution in [2.24, 2.45) is 0 Å². The minimum absolute atomic E-state index is 0.0798. The predicted octanol–water partition coefficient (Wildman–Crippen LogP) is 1.39. The second kappa shape index (κ2) is 3.96. The SMILES string of the molecule is [B]CC(=O)Cc1ccccc1. The first-order chi connectivity index (χ1) is 5.33. The van der Waals surface area contributed by atoms with Crippen molar-refractivity contribution in [2.75, 3.05) is 0 Å². The highest BCUT2D eigenvalue weighted by molar-refractivity contribution is 6.20. The fourth-order valence-electron chi connectivity index (χ4n) is 0.896. The van der Waals surface area contributed by atoms with Crippen molar-refractivity contribution >= 4 is 13.6 Å². The summed E-state index contributed by atoms with van der Waals surface area (Å²) in [6, 6.07) is 9.61. The number of hydrogen-bond acceptors (Lipinski definition) is 1. The van der Waals surface area contributed by atoms with E-state index in [4.69, 9.17) is 7.85 Å². The van der Waals surface area contributed by atoms with Gasteiger partial charge < -0.3 is 4.79 Å². The fourth-order valence-corrected chi connectivity index (χ4v) is 0.896. The van der Waals surface area contributed by atoms with Crippen LogP contribution in [0.2, 0.25) is 6.32 Å². The molecule has 2 heteroatoms. The molecule has 1 rings (SSSR count). The van der Waals surface area contributed by atoms with Crippen LogP contribution in [0.1, 0.15) is 5.56 Å². The molecule has 0 aliphatic carbocycles. The molecule has 0 saturated heterocycles. The first-order valence-electron chi connectivity index (χ1n) is 3.58. The molecule has 0 bridgehead atoms. The van der Waals surface area contributed by atoms with Gasteiger partial charge in [0.25, 0.3) is 0 Å². The fraction of sp³-hybridized carbons (Fsp3) is 0.222. The lowest BCUT2D eigenvalue weighted by Gasteiger charge is -1.96. The molecule has 0 aliphatic rings. The number of Topliss-reactive ketones (excluding diaryl/α,β-unsaturated/α-hetero) is 1. The summed E-state index contributed by atoms with van der Waals surface area (Å²) in [5.41, 5.74) is 1.03. The zero-order valence-corrected chi connectivity index (χ0v) is 6.29. The van der Waals surface area contributed by atoms with Gasteiger partial charge in [-0.15, -0.1) is 0 Å². The third-order valence-corrected chi connectivity index (χ3v) is 1.47. The Labute approximate surface area is 67.8 Å². The van der Waals surface area contributed by atoms with Gasteiger partial charge in [-0.05, 0) is 11.9 Å². The van der Waals surface area contributed by atoms with Gasteiger partial charge in [0.2, 0.25) is 0 Å². The first kappa shape index (κ1) is 8.06. The first-order valence-corrected chi connectivity index (χ1v) is 3.58. The average Bonchev–Trinajstić information content (AvgIpc) is 2.06. The Hall–Kier alpha value is -1.05. The topological polar surface area (TPSA) is 17.1 Å². The van der Waals surface area contributed by atoms with Crippen molar-refractivity contribution < 1.29 is 4.79 Å². The largest absolute Gasteiger partial charge is 0.300 e. The Morgan fingerprint density at radius 3 is 2.45 bits per heavy atom. The maximum atomic E-state index is 10.9. The number of carbonyl (C=O) groups excluding carboxylic acids is 1. The van der Waals surface area contributed by atoms with E-state index in [-0.39, 0.29) is 12.1 Å². The molecule has 1 aromatic rings. The predicted molar refractivity (Wildman–Crippen MR) is 45.7 cm³/mol. The molecular formula is C9H9BO. The molecule has 0 saturated carbocycles. The molecule has 0 aromatic heterocycles. The number of rotatable bonds is 3. The van der Waals surface area contributed by atoms with Crippen molar-refractivity contribution in [1.82, 2.24) is 0 Å². The van der Waals surface area contributed by atoms with Gasteiger partial charge in [0, 0.05) is 6.42 Å². The third-order valence-electron chi connectivity index (χ3n) is 1.47. The van der Waals surface area contributed by atoms with Gasteiger partial charge in [0.1, 0.15) is 5.78 Å². The molecule has 0 amide bonds. The zero-order valence-electron chi connectivity index (χ0n) is 6.29. The normalized spacial score (nSPS) is 9.45. The van der Waals surface area contributed by atoms with E-state index in [1.165, 1.54) is 0 Å². The summed E-state index contributed by atoms with van der Waals surface area (Å²) in [5.74, 6) is 0.0798. The highest BCUT2D eigenvalue weighted by atomic mass is 16.1. The highest BCUT2D eigenvalue weighted by Gasteiger charge is 1.97. The van der Waals surface area contributed by atoms with E-state index in [1.54, 1.807) is 0 Å². The Morgan fingerprint density at radius 2 is 1.91 bits per heavy atom. The summed E-state index contributed by atoms with van der Waals surface area (Å²) < 4.78 is 0. The van der Waals surface area contributed by atoms with Crippen LogP contribution in [0.3, 0.4) is 0 Å². The second-order valence-electron chi connectivity index (χ2n) is 2.41. The van der Waals surface area contributed by atoms with E-state index in [0.29, 0.717) is 6.42 Å². The summed E-state index contributed by atoms with van der Waals surface area (Å²) >= 11 is 0. The summed E-state index contributed by atoms with van der Waals surface area (Å²) in [6.07, 6.45) is 0.590. The van der Waals surface area contributed by atoms with Crippen LogP contribution in [-0.4, -0.2) is 13.6 Å². The molecule has 0 heterocycles. The standard InChI is InChI=1S/C9H9BO/c10-7-9(11)6-8-4-2-1-3-5-8/h1-5H,6-7H2. The third kappa shape index (κ3) is 2.58. The van der Waals surface area contributed by atoms with E-state index in [1.807, 2.05) is 30.3 Å². The van der Waals surface area contributed by atoms with E-state index in [9.17, 15) is 4.79 Å². The lowest BCUT2D eigenvalue weighted by atomic mass is 9.96. The lowest BCUT2D eigenvalue weighted by molar-refractivity contribution is -0.116. The van der Waals surface area contributed by atoms with Crippen LogP contribution in [0.5, 0.6) is 0 Å². The van der Waals surface area contributed by atoms with Crippen LogP contribution >= 0.6 is 0 Å². The van der Waals surface area contributed by atoms with Crippen molar-refractivity contribution in [3.63, 3.8) is 0 Å². The second-order valence-corrected chi connectivity index (χ2v) is 2.41. The van der Waals surface area contributed by atoms with Crippen molar-refractivity contribution in [3.05, 3.63) is 35.9 Å². The maximum Gasteiger partial charge on any atom is 0.128 e. The molecule has 0 fully saturated rings. The summed E-state index contributed by atoms with van der Waals surface area (Å²) in [7, 11) is 5.17. The van der Waals surface area contributed by atoms with Crippen LogP contribution in [0.15, 0.2) is 30.3 Å². The van der Waals surface area contributed by atoms with Gasteiger partial charge in [0.05, 0.1) is 7.85 Å². The zero-order chi connectivity index (χ0) is 8.10. The molecule has 0 N–H and O–H groups in total. The molecule has 2 radical (unpaired) electrons. The minimum atomic E-state index is 0.0798. The Kier molecular flexibility index (Phi) is 2.90. The quantitative estimate of drug-likeness (QED) is 0.585. The number of benzene rings is 1. The van der Waals surface area contributed by atoms with E-state index >= 15 is 0 Å². The molecule has 0 aliphatic heterocycles. The molecule has 0 unspecified atom stereocenters. The average molecular weight is 144 g/mol. The number of hydrogen-bond donors (Lipinski definition) is 0. The lowest BCUT2D eigenvalue weighted by Crippen LogP contribution is -2.00. The molecule has 0 spiro atoms. The number of carbonyl (C=O) groups is 1. The molecular weight excluding hydrogens is 135 g/mol. The minimum Gasteiger partial charge on any atom is -0.300 e. The molecule has 54 valence electrons. The van der Waals surface area contributed by atoms with Gasteiger partial charge in [-0.3, -0.25) is 0 Å². The smallest absolute Gasteiger partial charge is 0.128 e. The number of ketones is 1. The van der Waals surface area contributed by atoms with Crippen LogP contribution < -0.4 is 0 Å². The van der Waals surface area contributed by atoms with Crippen molar-refractivity contribution in [1.29, 1.82) is 0 Å². The Balaban J connectivity index is 2.58. The van der Waals surface area contributed by atoms with E-state index in [2.05, 4.69) is 0 Å². The molecule has 1 nitrogen and oxygen atoms in total. The van der Waals surface area contributed by atoms with E-state index < -0.39 is 0 Å². The van der Waals surface area contributed by atoms with Gasteiger partial charge >= 0.3 is 0 Å². The molecule has 11 heavy (non-hydrogen) atoms. The monoisotopic (exact) mass is 144 g/mol. The van der Waals surface area contributed by atoms with Gasteiger partial charge in [0.15, 0.2) is 0 Å². The summed E-state index contributed by atoms with van der Waals surface area (Å²) in [4.78, 5) is 10.9. The maximum absolute atomic E-state index is 10.9. The van der Waals surface area contributed by atoms with Gasteiger partial charge in [-0.1, -0.05) is 30.3 Å². The van der Waals surface area contributed by atoms with Crippen molar-refractivity contribution in [3.8, 4) is 0 Å².